The van der Waals surface area contributed by atoms with E-state index in [1.54, 1.807) is 0 Å². The summed E-state index contributed by atoms with van der Waals surface area (Å²) in [6, 6.07) is 1.22. The van der Waals surface area contributed by atoms with Crippen molar-refractivity contribution in [1.82, 2.24) is 9.55 Å². The van der Waals surface area contributed by atoms with E-state index in [1.165, 1.54) is 10.6 Å². The lowest BCUT2D eigenvalue weighted by atomic mass is 9.93. The van der Waals surface area contributed by atoms with E-state index in [2.05, 4.69) is 4.98 Å². The van der Waals surface area contributed by atoms with Crippen molar-refractivity contribution >= 4 is 5.82 Å². The van der Waals surface area contributed by atoms with Gasteiger partial charge >= 0.3 is 5.69 Å². The molecule has 0 amide bonds. The molecule has 2 heterocycles. The minimum Gasteiger partial charge on any atom is -0.385 e. The van der Waals surface area contributed by atoms with Gasteiger partial charge in [-0.25, -0.2) is 4.79 Å². The molecule has 2 rings (SSSR count). The highest BCUT2D eigenvalue weighted by atomic mass is 16.5. The average molecular weight is 239 g/mol. The maximum Gasteiger partial charge on any atom is 0.330 e. The number of aromatic amines is 1. The average Bonchev–Trinajstić information content (AvgIpc) is 2.28. The normalized spacial score (nSPS) is 19.1. The van der Waals surface area contributed by atoms with Gasteiger partial charge in [-0.15, -0.1) is 0 Å². The van der Waals surface area contributed by atoms with Crippen LogP contribution in [0.3, 0.4) is 0 Å². The maximum absolute atomic E-state index is 11.7. The van der Waals surface area contributed by atoms with Gasteiger partial charge in [0.2, 0.25) is 0 Å². The van der Waals surface area contributed by atoms with Crippen molar-refractivity contribution in [2.24, 2.45) is 5.92 Å². The predicted molar refractivity (Wildman–Crippen MR) is 64.0 cm³/mol. The molecule has 6 nitrogen and oxygen atoms in total. The van der Waals surface area contributed by atoms with Crippen LogP contribution in [0.25, 0.3) is 0 Å². The summed E-state index contributed by atoms with van der Waals surface area (Å²) in [4.78, 5) is 25.1. The van der Waals surface area contributed by atoms with Crippen LogP contribution in [0.5, 0.6) is 0 Å². The third-order valence-corrected chi connectivity index (χ3v) is 3.36. The lowest BCUT2D eigenvalue weighted by Gasteiger charge is -2.29. The van der Waals surface area contributed by atoms with Crippen molar-refractivity contribution in [3.63, 3.8) is 0 Å². The molecule has 0 spiro atoms. The zero-order valence-corrected chi connectivity index (χ0v) is 9.81. The van der Waals surface area contributed by atoms with Crippen LogP contribution in [0.15, 0.2) is 15.7 Å². The molecule has 1 fully saturated rings. The molecule has 1 aromatic rings. The van der Waals surface area contributed by atoms with E-state index in [0.29, 0.717) is 19.1 Å². The molecule has 1 atom stereocenters. The number of nitrogens with one attached hydrogen (secondary N) is 1. The summed E-state index contributed by atoms with van der Waals surface area (Å²) in [7, 11) is 0. The number of hydrogen-bond donors (Lipinski definition) is 2. The molecular weight excluding hydrogens is 222 g/mol. The Hall–Kier alpha value is -1.56. The first-order chi connectivity index (χ1) is 8.09. The molecule has 0 aliphatic carbocycles. The Morgan fingerprint density at radius 1 is 1.47 bits per heavy atom. The topological polar surface area (TPSA) is 90.1 Å². The van der Waals surface area contributed by atoms with Crippen LogP contribution < -0.4 is 17.0 Å². The third kappa shape index (κ3) is 2.41. The standard InChI is InChI=1S/C11H17N3O3/c1-7(8-2-4-17-5-3-8)14-9(12)6-10(15)13-11(14)16/h6-8H,2-5,12H2,1H3,(H,13,15,16). The van der Waals surface area contributed by atoms with Gasteiger partial charge in [-0.3, -0.25) is 14.3 Å². The number of ether oxygens (including phenoxy) is 1. The lowest BCUT2D eigenvalue weighted by molar-refractivity contribution is 0.0509. The molecule has 1 aromatic heterocycles. The smallest absolute Gasteiger partial charge is 0.330 e. The third-order valence-electron chi connectivity index (χ3n) is 3.36. The molecule has 6 heteroatoms. The van der Waals surface area contributed by atoms with Gasteiger partial charge in [-0.05, 0) is 25.7 Å². The van der Waals surface area contributed by atoms with Gasteiger partial charge < -0.3 is 10.5 Å². The fourth-order valence-electron chi connectivity index (χ4n) is 2.35. The predicted octanol–water partition coefficient (Wildman–Crippen LogP) is 0.106. The van der Waals surface area contributed by atoms with Crippen LogP contribution in [0.4, 0.5) is 5.82 Å². The van der Waals surface area contributed by atoms with Crippen LogP contribution in [-0.4, -0.2) is 22.8 Å². The monoisotopic (exact) mass is 239 g/mol. The number of aromatic nitrogens is 2. The van der Waals surface area contributed by atoms with Crippen LogP contribution in [0, 0.1) is 5.92 Å². The van der Waals surface area contributed by atoms with Gasteiger partial charge in [0, 0.05) is 25.3 Å². The highest BCUT2D eigenvalue weighted by Gasteiger charge is 2.23. The summed E-state index contributed by atoms with van der Waals surface area (Å²) in [5, 5.41) is 0. The summed E-state index contributed by atoms with van der Waals surface area (Å²) in [6.45, 7) is 3.38. The van der Waals surface area contributed by atoms with E-state index in [4.69, 9.17) is 10.5 Å². The molecule has 3 N–H and O–H groups in total. The Morgan fingerprint density at radius 2 is 2.12 bits per heavy atom. The Balaban J connectivity index is 2.33. The van der Waals surface area contributed by atoms with E-state index in [1.807, 2.05) is 6.92 Å². The number of hydrogen-bond acceptors (Lipinski definition) is 4. The second-order valence-corrected chi connectivity index (χ2v) is 4.42. The molecule has 1 saturated heterocycles. The zero-order valence-electron chi connectivity index (χ0n) is 9.81. The van der Waals surface area contributed by atoms with Crippen molar-refractivity contribution in [3.8, 4) is 0 Å². The van der Waals surface area contributed by atoms with Crippen molar-refractivity contribution in [2.45, 2.75) is 25.8 Å². The van der Waals surface area contributed by atoms with Crippen LogP contribution in [0.2, 0.25) is 0 Å². The summed E-state index contributed by atoms with van der Waals surface area (Å²) >= 11 is 0. The van der Waals surface area contributed by atoms with Gasteiger partial charge in [0.1, 0.15) is 5.82 Å². The summed E-state index contributed by atoms with van der Waals surface area (Å²) in [6.07, 6.45) is 1.82. The minimum absolute atomic E-state index is 0.0248. The number of rotatable bonds is 2. The van der Waals surface area contributed by atoms with Gasteiger partial charge in [-0.1, -0.05) is 0 Å². The first kappa shape index (κ1) is 11.9. The van der Waals surface area contributed by atoms with Crippen LogP contribution >= 0.6 is 0 Å². The van der Waals surface area contributed by atoms with Gasteiger partial charge in [0.25, 0.3) is 5.56 Å². The Bertz CT molecular complexity index is 499. The molecule has 0 bridgehead atoms. The van der Waals surface area contributed by atoms with E-state index < -0.39 is 11.2 Å². The minimum atomic E-state index is -0.456. The fraction of sp³-hybridized carbons (Fsp3) is 0.636. The second kappa shape index (κ2) is 4.75. The molecule has 1 aliphatic heterocycles. The van der Waals surface area contributed by atoms with E-state index in [-0.39, 0.29) is 11.9 Å². The van der Waals surface area contributed by atoms with Gasteiger partial charge in [-0.2, -0.15) is 0 Å². The van der Waals surface area contributed by atoms with Crippen molar-refractivity contribution in [3.05, 3.63) is 26.9 Å². The highest BCUT2D eigenvalue weighted by Crippen LogP contribution is 2.27. The molecule has 0 saturated carbocycles. The summed E-state index contributed by atoms with van der Waals surface area (Å²) < 4.78 is 6.74. The molecule has 0 radical (unpaired) electrons. The first-order valence-corrected chi connectivity index (χ1v) is 5.78. The Labute approximate surface area is 98.4 Å². The number of nitrogens with two attached hydrogens (primary N) is 1. The number of H-pyrrole nitrogens is 1. The maximum atomic E-state index is 11.7. The Morgan fingerprint density at radius 3 is 2.71 bits per heavy atom. The molecule has 0 aromatic carbocycles. The SMILES string of the molecule is CC(C1CCOCC1)n1c(N)cc(=O)[nH]c1=O. The number of anilines is 1. The molecule has 94 valence electrons. The summed E-state index contributed by atoms with van der Waals surface area (Å²) in [5.41, 5.74) is 4.85. The first-order valence-electron chi connectivity index (χ1n) is 5.78. The van der Waals surface area contributed by atoms with E-state index in [9.17, 15) is 9.59 Å². The van der Waals surface area contributed by atoms with Crippen LogP contribution in [-0.2, 0) is 4.74 Å². The largest absolute Gasteiger partial charge is 0.385 e. The number of nitrogens with zero attached hydrogens (tertiary/aromatic N) is 1. The summed E-state index contributed by atoms with van der Waals surface area (Å²) in [5.74, 6) is 0.576. The zero-order chi connectivity index (χ0) is 12.4. The highest BCUT2D eigenvalue weighted by molar-refractivity contribution is 5.27. The second-order valence-electron chi connectivity index (χ2n) is 4.42. The van der Waals surface area contributed by atoms with Crippen molar-refractivity contribution < 1.29 is 4.74 Å². The quantitative estimate of drug-likeness (QED) is 0.766. The number of nitrogen functional groups attached to an aromatic ring is 1. The lowest BCUT2D eigenvalue weighted by Crippen LogP contribution is -2.36. The van der Waals surface area contributed by atoms with Gasteiger partial charge in [0.15, 0.2) is 0 Å². The molecule has 1 aliphatic rings. The van der Waals surface area contributed by atoms with Crippen LogP contribution in [0.1, 0.15) is 25.8 Å². The van der Waals surface area contributed by atoms with E-state index >= 15 is 0 Å². The van der Waals surface area contributed by atoms with E-state index in [0.717, 1.165) is 12.8 Å². The molecular formula is C11H17N3O3. The molecule has 17 heavy (non-hydrogen) atoms. The van der Waals surface area contributed by atoms with Crippen molar-refractivity contribution in [1.29, 1.82) is 0 Å². The Kier molecular flexibility index (Phi) is 3.33. The van der Waals surface area contributed by atoms with Crippen molar-refractivity contribution in [2.75, 3.05) is 18.9 Å². The fourth-order valence-corrected chi connectivity index (χ4v) is 2.35. The molecule has 1 unspecified atom stereocenters. The van der Waals surface area contributed by atoms with Gasteiger partial charge in [0.05, 0.1) is 0 Å².